The lowest BCUT2D eigenvalue weighted by Gasteiger charge is -2.13. The molecule has 25 heavy (non-hydrogen) atoms. The maximum Gasteiger partial charge on any atom is 0.247 e. The predicted molar refractivity (Wildman–Crippen MR) is 95.3 cm³/mol. The average Bonchev–Trinajstić information content (AvgIpc) is 3.37. The Morgan fingerprint density at radius 2 is 2.08 bits per heavy atom. The predicted octanol–water partition coefficient (Wildman–Crippen LogP) is 2.52. The van der Waals surface area contributed by atoms with Gasteiger partial charge in [-0.05, 0) is 37.2 Å². The summed E-state index contributed by atoms with van der Waals surface area (Å²) in [6.07, 6.45) is 4.67. The van der Waals surface area contributed by atoms with Crippen molar-refractivity contribution in [1.82, 2.24) is 25.1 Å². The summed E-state index contributed by atoms with van der Waals surface area (Å²) in [5.74, 6) is 2.60. The lowest BCUT2D eigenvalue weighted by molar-refractivity contribution is 0.313. The van der Waals surface area contributed by atoms with E-state index in [1.807, 2.05) is 32.4 Å². The third-order valence-electron chi connectivity index (χ3n) is 4.62. The van der Waals surface area contributed by atoms with Gasteiger partial charge < -0.3 is 14.3 Å². The molecule has 0 amide bonds. The summed E-state index contributed by atoms with van der Waals surface area (Å²) in [5, 5.41) is 8.53. The minimum absolute atomic E-state index is 0.289. The van der Waals surface area contributed by atoms with Gasteiger partial charge in [0, 0.05) is 44.3 Å². The highest BCUT2D eigenvalue weighted by atomic mass is 16.4. The normalized spacial score (nSPS) is 17.9. The summed E-state index contributed by atoms with van der Waals surface area (Å²) in [6, 6.07) is 8.15. The van der Waals surface area contributed by atoms with E-state index in [0.717, 1.165) is 49.0 Å². The maximum absolute atomic E-state index is 5.95. The average molecular weight is 338 g/mol. The van der Waals surface area contributed by atoms with Crippen molar-refractivity contribution < 1.29 is 4.42 Å². The Kier molecular flexibility index (Phi) is 4.23. The zero-order chi connectivity index (χ0) is 17.2. The molecule has 7 nitrogen and oxygen atoms in total. The number of anilines is 1. The molecule has 3 aromatic rings. The van der Waals surface area contributed by atoms with Crippen LogP contribution >= 0.6 is 0 Å². The molecule has 1 N–H and O–H groups in total. The summed E-state index contributed by atoms with van der Waals surface area (Å²) < 4.78 is 5.95. The summed E-state index contributed by atoms with van der Waals surface area (Å²) in [7, 11) is 4.04. The van der Waals surface area contributed by atoms with E-state index in [9.17, 15) is 0 Å². The largest absolute Gasteiger partial charge is 0.420 e. The van der Waals surface area contributed by atoms with Crippen molar-refractivity contribution in [2.45, 2.75) is 18.9 Å². The van der Waals surface area contributed by atoms with Crippen LogP contribution in [0.4, 0.5) is 5.69 Å². The highest BCUT2D eigenvalue weighted by Gasteiger charge is 2.28. The molecule has 1 unspecified atom stereocenters. The van der Waals surface area contributed by atoms with E-state index in [1.54, 1.807) is 6.20 Å². The number of H-pyrrole nitrogens is 1. The van der Waals surface area contributed by atoms with Crippen molar-refractivity contribution in [2.75, 3.05) is 32.1 Å². The number of hydrogen-bond donors (Lipinski definition) is 1. The number of nitrogens with one attached hydrogen (secondary N) is 1. The second-order valence-corrected chi connectivity index (χ2v) is 6.64. The molecule has 1 aliphatic heterocycles. The maximum atomic E-state index is 5.95. The SMILES string of the molecule is CN(C)c1ccc(-c2nnc(C3CCN(Cc4ncc[nH]4)C3)o2)cc1. The number of aromatic amines is 1. The Balaban J connectivity index is 1.43. The molecular formula is C18H22N6O. The Morgan fingerprint density at radius 3 is 2.80 bits per heavy atom. The van der Waals surface area contributed by atoms with Gasteiger partial charge in [0.1, 0.15) is 5.82 Å². The van der Waals surface area contributed by atoms with Crippen molar-refractivity contribution in [2.24, 2.45) is 0 Å². The lowest BCUT2D eigenvalue weighted by atomic mass is 10.1. The van der Waals surface area contributed by atoms with Crippen LogP contribution in [0.3, 0.4) is 0 Å². The molecular weight excluding hydrogens is 316 g/mol. The van der Waals surface area contributed by atoms with Crippen molar-refractivity contribution in [3.8, 4) is 11.5 Å². The molecule has 2 aromatic heterocycles. The van der Waals surface area contributed by atoms with E-state index < -0.39 is 0 Å². The van der Waals surface area contributed by atoms with E-state index in [4.69, 9.17) is 4.42 Å². The number of imidazole rings is 1. The van der Waals surface area contributed by atoms with Crippen LogP contribution in [0.5, 0.6) is 0 Å². The van der Waals surface area contributed by atoms with Gasteiger partial charge >= 0.3 is 0 Å². The number of benzene rings is 1. The number of likely N-dealkylation sites (tertiary alicyclic amines) is 1. The minimum Gasteiger partial charge on any atom is -0.420 e. The molecule has 0 radical (unpaired) electrons. The summed E-state index contributed by atoms with van der Waals surface area (Å²) in [6.45, 7) is 2.76. The van der Waals surface area contributed by atoms with Crippen LogP contribution in [0.25, 0.3) is 11.5 Å². The summed E-state index contributed by atoms with van der Waals surface area (Å²) in [4.78, 5) is 11.9. The van der Waals surface area contributed by atoms with Gasteiger partial charge in [0.25, 0.3) is 0 Å². The van der Waals surface area contributed by atoms with Crippen LogP contribution in [0, 0.1) is 0 Å². The molecule has 1 aliphatic rings. The van der Waals surface area contributed by atoms with Crippen LogP contribution in [0.15, 0.2) is 41.1 Å². The topological polar surface area (TPSA) is 74.1 Å². The summed E-state index contributed by atoms with van der Waals surface area (Å²) >= 11 is 0. The highest BCUT2D eigenvalue weighted by Crippen LogP contribution is 2.29. The molecule has 1 saturated heterocycles. The molecule has 0 aliphatic carbocycles. The molecule has 0 spiro atoms. The van der Waals surface area contributed by atoms with E-state index in [0.29, 0.717) is 5.89 Å². The molecule has 1 aromatic carbocycles. The fourth-order valence-corrected chi connectivity index (χ4v) is 3.19. The first-order valence-electron chi connectivity index (χ1n) is 8.51. The van der Waals surface area contributed by atoms with Crippen molar-refractivity contribution in [1.29, 1.82) is 0 Å². The van der Waals surface area contributed by atoms with E-state index in [2.05, 4.69) is 42.1 Å². The number of aromatic nitrogens is 4. The highest BCUT2D eigenvalue weighted by molar-refractivity contribution is 5.58. The van der Waals surface area contributed by atoms with Gasteiger partial charge in [0.15, 0.2) is 0 Å². The van der Waals surface area contributed by atoms with E-state index in [-0.39, 0.29) is 5.92 Å². The van der Waals surface area contributed by atoms with Gasteiger partial charge in [-0.3, -0.25) is 4.90 Å². The minimum atomic E-state index is 0.289. The van der Waals surface area contributed by atoms with Crippen molar-refractivity contribution >= 4 is 5.69 Å². The zero-order valence-electron chi connectivity index (χ0n) is 14.5. The second-order valence-electron chi connectivity index (χ2n) is 6.64. The number of hydrogen-bond acceptors (Lipinski definition) is 6. The molecule has 4 rings (SSSR count). The van der Waals surface area contributed by atoms with Gasteiger partial charge in [-0.15, -0.1) is 10.2 Å². The van der Waals surface area contributed by atoms with Gasteiger partial charge in [0.05, 0.1) is 12.5 Å². The van der Waals surface area contributed by atoms with E-state index >= 15 is 0 Å². The quantitative estimate of drug-likeness (QED) is 0.770. The van der Waals surface area contributed by atoms with Gasteiger partial charge in [0.2, 0.25) is 11.8 Å². The smallest absolute Gasteiger partial charge is 0.247 e. The Bertz CT molecular complexity index is 808. The van der Waals surface area contributed by atoms with Crippen molar-refractivity contribution in [3.63, 3.8) is 0 Å². The number of nitrogens with zero attached hydrogens (tertiary/aromatic N) is 5. The first kappa shape index (κ1) is 15.8. The van der Waals surface area contributed by atoms with Gasteiger partial charge in [-0.2, -0.15) is 0 Å². The molecule has 130 valence electrons. The monoisotopic (exact) mass is 338 g/mol. The van der Waals surface area contributed by atoms with Crippen LogP contribution < -0.4 is 4.90 Å². The molecule has 7 heteroatoms. The van der Waals surface area contributed by atoms with Crippen LogP contribution in [-0.2, 0) is 6.54 Å². The summed E-state index contributed by atoms with van der Waals surface area (Å²) in [5.41, 5.74) is 2.10. The molecule has 0 bridgehead atoms. The zero-order valence-corrected chi connectivity index (χ0v) is 14.5. The van der Waals surface area contributed by atoms with Gasteiger partial charge in [-0.25, -0.2) is 4.98 Å². The van der Waals surface area contributed by atoms with E-state index in [1.165, 1.54) is 0 Å². The fraction of sp³-hybridized carbons (Fsp3) is 0.389. The van der Waals surface area contributed by atoms with Gasteiger partial charge in [-0.1, -0.05) is 0 Å². The third kappa shape index (κ3) is 3.41. The van der Waals surface area contributed by atoms with Crippen LogP contribution in [-0.4, -0.2) is 52.3 Å². The molecule has 3 heterocycles. The standard InChI is InChI=1S/C18H22N6O/c1-23(2)15-5-3-13(4-6-15)17-21-22-18(25-17)14-7-10-24(11-14)12-16-19-8-9-20-16/h3-6,8-9,14H,7,10-12H2,1-2H3,(H,19,20). The fourth-order valence-electron chi connectivity index (χ4n) is 3.19. The van der Waals surface area contributed by atoms with Crippen LogP contribution in [0.1, 0.15) is 24.1 Å². The molecule has 1 atom stereocenters. The third-order valence-corrected chi connectivity index (χ3v) is 4.62. The van der Waals surface area contributed by atoms with Crippen molar-refractivity contribution in [3.05, 3.63) is 48.4 Å². The Morgan fingerprint density at radius 1 is 1.24 bits per heavy atom. The van der Waals surface area contributed by atoms with Crippen LogP contribution in [0.2, 0.25) is 0 Å². The molecule has 1 fully saturated rings. The first-order valence-corrected chi connectivity index (χ1v) is 8.51. The Labute approximate surface area is 146 Å². The Hall–Kier alpha value is -2.67. The first-order chi connectivity index (χ1) is 12.2. The number of rotatable bonds is 5. The lowest BCUT2D eigenvalue weighted by Crippen LogP contribution is -2.20. The second kappa shape index (κ2) is 6.68. The molecule has 0 saturated carbocycles.